The molecule has 2 aliphatic heterocycles. The van der Waals surface area contributed by atoms with Crippen LogP contribution in [-0.4, -0.2) is 42.7 Å². The molecule has 3 heterocycles. The molecule has 1 atom stereocenters. The van der Waals surface area contributed by atoms with Crippen LogP contribution >= 0.6 is 0 Å². The van der Waals surface area contributed by atoms with Crippen LogP contribution in [-0.2, 0) is 6.42 Å². The Kier molecular flexibility index (Phi) is 3.92. The van der Waals surface area contributed by atoms with Crippen molar-refractivity contribution in [2.75, 3.05) is 37.7 Å². The predicted molar refractivity (Wildman–Crippen MR) is 90.9 cm³/mol. The summed E-state index contributed by atoms with van der Waals surface area (Å²) in [6.45, 7) is 7.26. The van der Waals surface area contributed by atoms with E-state index in [0.29, 0.717) is 6.04 Å². The van der Waals surface area contributed by atoms with E-state index >= 15 is 0 Å². The maximum Gasteiger partial charge on any atom is 0.128 e. The van der Waals surface area contributed by atoms with E-state index in [2.05, 4.69) is 46.0 Å². The van der Waals surface area contributed by atoms with Gasteiger partial charge in [-0.05, 0) is 36.2 Å². The highest BCUT2D eigenvalue weighted by Crippen LogP contribution is 2.31. The highest BCUT2D eigenvalue weighted by Gasteiger charge is 2.24. The molecule has 1 fully saturated rings. The molecule has 0 unspecified atom stereocenters. The van der Waals surface area contributed by atoms with Crippen molar-refractivity contribution in [1.29, 1.82) is 0 Å². The zero-order valence-electron chi connectivity index (χ0n) is 13.5. The quantitative estimate of drug-likeness (QED) is 0.872. The van der Waals surface area contributed by atoms with Crippen molar-refractivity contribution in [1.82, 2.24) is 9.88 Å². The van der Waals surface area contributed by atoms with Gasteiger partial charge in [-0.2, -0.15) is 0 Å². The first-order valence-electron chi connectivity index (χ1n) is 8.38. The molecule has 0 bridgehead atoms. The van der Waals surface area contributed by atoms with E-state index in [0.717, 1.165) is 50.8 Å². The van der Waals surface area contributed by atoms with Crippen LogP contribution in [0.25, 0.3) is 0 Å². The third-order valence-electron chi connectivity index (χ3n) is 4.99. The lowest BCUT2D eigenvalue weighted by molar-refractivity contribution is 0.198. The first kappa shape index (κ1) is 14.5. The van der Waals surface area contributed by atoms with Gasteiger partial charge in [0.15, 0.2) is 0 Å². The van der Waals surface area contributed by atoms with Crippen LogP contribution < -0.4 is 9.64 Å². The number of hydrogen-bond acceptors (Lipinski definition) is 4. The normalized spacial score (nSPS) is 19.3. The van der Waals surface area contributed by atoms with Gasteiger partial charge in [-0.1, -0.05) is 12.1 Å². The zero-order chi connectivity index (χ0) is 15.6. The van der Waals surface area contributed by atoms with Gasteiger partial charge in [-0.3, -0.25) is 4.90 Å². The van der Waals surface area contributed by atoms with Gasteiger partial charge in [0.25, 0.3) is 0 Å². The van der Waals surface area contributed by atoms with Crippen molar-refractivity contribution < 1.29 is 4.74 Å². The molecule has 1 aromatic carbocycles. The zero-order valence-corrected chi connectivity index (χ0v) is 13.5. The predicted octanol–water partition coefficient (Wildman–Crippen LogP) is 2.70. The van der Waals surface area contributed by atoms with Gasteiger partial charge in [0.1, 0.15) is 11.6 Å². The molecular formula is C19H22N3O. The molecule has 2 aliphatic rings. The molecule has 23 heavy (non-hydrogen) atoms. The lowest BCUT2D eigenvalue weighted by Gasteiger charge is -2.38. The van der Waals surface area contributed by atoms with Crippen molar-refractivity contribution in [3.63, 3.8) is 0 Å². The van der Waals surface area contributed by atoms with E-state index in [1.807, 2.05) is 12.1 Å². The number of pyridine rings is 1. The molecule has 119 valence electrons. The molecule has 0 saturated carbocycles. The molecule has 1 aromatic heterocycles. The van der Waals surface area contributed by atoms with E-state index in [4.69, 9.17) is 4.74 Å². The summed E-state index contributed by atoms with van der Waals surface area (Å²) in [5, 5.41) is 0. The van der Waals surface area contributed by atoms with Crippen LogP contribution in [0, 0.1) is 6.07 Å². The highest BCUT2D eigenvalue weighted by atomic mass is 16.5. The number of anilines is 1. The van der Waals surface area contributed by atoms with Crippen LogP contribution in [0.3, 0.4) is 0 Å². The minimum Gasteiger partial charge on any atom is -0.493 e. The molecule has 4 rings (SSSR count). The fourth-order valence-electron chi connectivity index (χ4n) is 3.49. The second kappa shape index (κ2) is 6.20. The molecule has 1 saturated heterocycles. The Bertz CT molecular complexity index is 666. The van der Waals surface area contributed by atoms with Crippen LogP contribution in [0.1, 0.15) is 24.1 Å². The fourth-order valence-corrected chi connectivity index (χ4v) is 3.49. The van der Waals surface area contributed by atoms with Gasteiger partial charge >= 0.3 is 0 Å². The largest absolute Gasteiger partial charge is 0.493 e. The standard InChI is InChI=1S/C19H22N3O/c1-15(17-6-5-16-7-13-23-18(16)14-17)21-9-11-22(12-10-21)19-4-2-3-8-20-19/h2,4-6,8,14-15H,7,9-13H2,1H3/t15-/m1/s1. The van der Waals surface area contributed by atoms with Gasteiger partial charge in [0.2, 0.25) is 0 Å². The van der Waals surface area contributed by atoms with Crippen molar-refractivity contribution in [2.45, 2.75) is 19.4 Å². The summed E-state index contributed by atoms with van der Waals surface area (Å²) in [5.74, 6) is 2.14. The Morgan fingerprint density at radius 1 is 1.17 bits per heavy atom. The van der Waals surface area contributed by atoms with Gasteiger partial charge in [0, 0.05) is 50.9 Å². The third kappa shape index (κ3) is 2.91. The summed E-state index contributed by atoms with van der Waals surface area (Å²) in [7, 11) is 0. The van der Waals surface area contributed by atoms with Crippen molar-refractivity contribution in [3.05, 3.63) is 53.7 Å². The molecule has 0 amide bonds. The molecule has 0 N–H and O–H groups in total. The van der Waals surface area contributed by atoms with Gasteiger partial charge in [-0.25, -0.2) is 4.98 Å². The highest BCUT2D eigenvalue weighted by molar-refractivity contribution is 5.41. The first-order chi connectivity index (χ1) is 11.3. The molecule has 4 nitrogen and oxygen atoms in total. The monoisotopic (exact) mass is 308 g/mol. The lowest BCUT2D eigenvalue weighted by atomic mass is 10.0. The number of benzene rings is 1. The summed E-state index contributed by atoms with van der Waals surface area (Å²) >= 11 is 0. The summed E-state index contributed by atoms with van der Waals surface area (Å²) in [6, 6.07) is 14.1. The Balaban J connectivity index is 1.42. The van der Waals surface area contributed by atoms with Crippen molar-refractivity contribution in [2.24, 2.45) is 0 Å². The number of ether oxygens (including phenoxy) is 1. The van der Waals surface area contributed by atoms with Crippen molar-refractivity contribution in [3.8, 4) is 5.75 Å². The molecular weight excluding hydrogens is 286 g/mol. The van der Waals surface area contributed by atoms with E-state index in [9.17, 15) is 0 Å². The summed E-state index contributed by atoms with van der Waals surface area (Å²) in [4.78, 5) is 9.30. The maximum atomic E-state index is 5.71. The van der Waals surface area contributed by atoms with Crippen molar-refractivity contribution >= 4 is 5.82 Å². The molecule has 4 heteroatoms. The number of nitrogens with zero attached hydrogens (tertiary/aromatic N) is 3. The van der Waals surface area contributed by atoms with E-state index in [-0.39, 0.29) is 0 Å². The second-order valence-electron chi connectivity index (χ2n) is 6.28. The average molecular weight is 308 g/mol. The SMILES string of the molecule is C[C@H](c1ccc2c(c1)OCC2)N1CCN(c2cc[c]cn2)CC1. The molecule has 0 spiro atoms. The Morgan fingerprint density at radius 3 is 2.83 bits per heavy atom. The minimum absolute atomic E-state index is 0.420. The lowest BCUT2D eigenvalue weighted by Crippen LogP contribution is -2.47. The number of fused-ring (bicyclic) bond motifs is 1. The third-order valence-corrected chi connectivity index (χ3v) is 4.99. The number of hydrogen-bond donors (Lipinski definition) is 0. The maximum absolute atomic E-state index is 5.71. The van der Waals surface area contributed by atoms with Crippen LogP contribution in [0.15, 0.2) is 36.5 Å². The smallest absolute Gasteiger partial charge is 0.128 e. The summed E-state index contributed by atoms with van der Waals surface area (Å²) in [5.41, 5.74) is 2.70. The van der Waals surface area contributed by atoms with Crippen LogP contribution in [0.5, 0.6) is 5.75 Å². The Labute approximate surface area is 137 Å². The van der Waals surface area contributed by atoms with Crippen LogP contribution in [0.4, 0.5) is 5.82 Å². The number of aromatic nitrogens is 1. The van der Waals surface area contributed by atoms with E-state index in [1.54, 1.807) is 6.20 Å². The second-order valence-corrected chi connectivity index (χ2v) is 6.28. The number of rotatable bonds is 3. The average Bonchev–Trinajstić information content (AvgIpc) is 3.10. The van der Waals surface area contributed by atoms with Gasteiger partial charge in [0.05, 0.1) is 6.61 Å². The molecule has 2 aromatic rings. The molecule has 1 radical (unpaired) electrons. The fraction of sp³-hybridized carbons (Fsp3) is 0.421. The van der Waals surface area contributed by atoms with E-state index in [1.165, 1.54) is 11.1 Å². The van der Waals surface area contributed by atoms with Crippen LogP contribution in [0.2, 0.25) is 0 Å². The van der Waals surface area contributed by atoms with E-state index < -0.39 is 0 Å². The first-order valence-corrected chi connectivity index (χ1v) is 8.38. The topological polar surface area (TPSA) is 28.6 Å². The summed E-state index contributed by atoms with van der Waals surface area (Å²) in [6.07, 6.45) is 2.79. The van der Waals surface area contributed by atoms with Gasteiger partial charge < -0.3 is 9.64 Å². The Hall–Kier alpha value is -2.07. The molecule has 0 aliphatic carbocycles. The number of piperazine rings is 1. The summed E-state index contributed by atoms with van der Waals surface area (Å²) < 4.78 is 5.71. The Morgan fingerprint density at radius 2 is 2.04 bits per heavy atom. The van der Waals surface area contributed by atoms with Gasteiger partial charge in [-0.15, -0.1) is 0 Å². The minimum atomic E-state index is 0.420.